The maximum absolute atomic E-state index is 5.87. The first-order valence-corrected chi connectivity index (χ1v) is 7.04. The van der Waals surface area contributed by atoms with E-state index in [-0.39, 0.29) is 6.10 Å². The number of ether oxygens (including phenoxy) is 3. The molecular formula is C17H21NO3. The van der Waals surface area contributed by atoms with Crippen molar-refractivity contribution in [2.45, 2.75) is 26.9 Å². The lowest BCUT2D eigenvalue weighted by molar-refractivity contribution is 0.242. The molecular weight excluding hydrogens is 266 g/mol. The van der Waals surface area contributed by atoms with Crippen LogP contribution in [-0.2, 0) is 0 Å². The largest absolute Gasteiger partial charge is 0.494 e. The van der Waals surface area contributed by atoms with Crippen LogP contribution in [0.3, 0.4) is 0 Å². The monoisotopic (exact) mass is 287 g/mol. The summed E-state index contributed by atoms with van der Waals surface area (Å²) in [5, 5.41) is 0. The van der Waals surface area contributed by atoms with Gasteiger partial charge in [-0.1, -0.05) is 0 Å². The molecule has 0 saturated carbocycles. The standard InChI is InChI=1S/C17H21NO3/c1-4-19-14-5-7-15(8-6-14)21-17-10-13(18)9-16(11-17)20-12(2)3/h5-12H,4,18H2,1-3H3. The molecule has 0 aliphatic carbocycles. The van der Waals surface area contributed by atoms with Crippen LogP contribution >= 0.6 is 0 Å². The minimum Gasteiger partial charge on any atom is -0.494 e. The molecule has 4 nitrogen and oxygen atoms in total. The summed E-state index contributed by atoms with van der Waals surface area (Å²) in [6.07, 6.45) is 0.0881. The highest BCUT2D eigenvalue weighted by atomic mass is 16.5. The quantitative estimate of drug-likeness (QED) is 0.807. The van der Waals surface area contributed by atoms with Gasteiger partial charge in [0.15, 0.2) is 0 Å². The van der Waals surface area contributed by atoms with Crippen LogP contribution in [0.4, 0.5) is 5.69 Å². The number of nitrogen functional groups attached to an aromatic ring is 1. The van der Waals surface area contributed by atoms with Gasteiger partial charge >= 0.3 is 0 Å². The molecule has 0 saturated heterocycles. The minimum absolute atomic E-state index is 0.0881. The molecule has 2 rings (SSSR count). The fourth-order valence-electron chi connectivity index (χ4n) is 1.90. The third-order valence-corrected chi connectivity index (χ3v) is 2.64. The Morgan fingerprint density at radius 2 is 1.52 bits per heavy atom. The first-order chi connectivity index (χ1) is 10.1. The maximum Gasteiger partial charge on any atom is 0.133 e. The zero-order chi connectivity index (χ0) is 15.2. The van der Waals surface area contributed by atoms with Gasteiger partial charge in [0.2, 0.25) is 0 Å². The fraction of sp³-hybridized carbons (Fsp3) is 0.294. The topological polar surface area (TPSA) is 53.7 Å². The van der Waals surface area contributed by atoms with Crippen molar-refractivity contribution in [2.75, 3.05) is 12.3 Å². The predicted octanol–water partition coefficient (Wildman–Crippen LogP) is 4.25. The average molecular weight is 287 g/mol. The average Bonchev–Trinajstić information content (AvgIpc) is 2.40. The molecule has 0 heterocycles. The first-order valence-electron chi connectivity index (χ1n) is 7.04. The van der Waals surface area contributed by atoms with Crippen LogP contribution in [0.2, 0.25) is 0 Å². The summed E-state index contributed by atoms with van der Waals surface area (Å²) in [6, 6.07) is 12.8. The molecule has 2 aromatic rings. The predicted molar refractivity (Wildman–Crippen MR) is 84.3 cm³/mol. The second-order valence-electron chi connectivity index (χ2n) is 4.91. The maximum atomic E-state index is 5.87. The van der Waals surface area contributed by atoms with Crippen molar-refractivity contribution in [2.24, 2.45) is 0 Å². The van der Waals surface area contributed by atoms with Crippen molar-refractivity contribution in [1.82, 2.24) is 0 Å². The van der Waals surface area contributed by atoms with Crippen molar-refractivity contribution in [3.05, 3.63) is 42.5 Å². The summed E-state index contributed by atoms with van der Waals surface area (Å²) < 4.78 is 16.8. The van der Waals surface area contributed by atoms with E-state index in [2.05, 4.69) is 0 Å². The van der Waals surface area contributed by atoms with Gasteiger partial charge in [-0.3, -0.25) is 0 Å². The van der Waals surface area contributed by atoms with Crippen LogP contribution in [0.15, 0.2) is 42.5 Å². The van der Waals surface area contributed by atoms with Gasteiger partial charge in [-0.15, -0.1) is 0 Å². The zero-order valence-electron chi connectivity index (χ0n) is 12.6. The van der Waals surface area contributed by atoms with Gasteiger partial charge in [-0.25, -0.2) is 0 Å². The van der Waals surface area contributed by atoms with Gasteiger partial charge in [0.1, 0.15) is 23.0 Å². The molecule has 0 amide bonds. The van der Waals surface area contributed by atoms with E-state index in [9.17, 15) is 0 Å². The molecule has 112 valence electrons. The molecule has 0 aliphatic rings. The molecule has 0 atom stereocenters. The molecule has 2 aromatic carbocycles. The molecule has 0 spiro atoms. The third kappa shape index (κ3) is 4.60. The Hall–Kier alpha value is -2.36. The van der Waals surface area contributed by atoms with Crippen molar-refractivity contribution in [3.63, 3.8) is 0 Å². The summed E-state index contributed by atoms with van der Waals surface area (Å²) in [7, 11) is 0. The van der Waals surface area contributed by atoms with E-state index in [1.807, 2.05) is 51.1 Å². The Kier molecular flexibility index (Phi) is 4.93. The third-order valence-electron chi connectivity index (χ3n) is 2.64. The lowest BCUT2D eigenvalue weighted by Gasteiger charge is -2.13. The Morgan fingerprint density at radius 1 is 0.905 bits per heavy atom. The molecule has 0 radical (unpaired) electrons. The minimum atomic E-state index is 0.0881. The summed E-state index contributed by atoms with van der Waals surface area (Å²) >= 11 is 0. The summed E-state index contributed by atoms with van der Waals surface area (Å²) in [5.41, 5.74) is 6.48. The van der Waals surface area contributed by atoms with Crippen LogP contribution in [-0.4, -0.2) is 12.7 Å². The van der Waals surface area contributed by atoms with Crippen molar-refractivity contribution in [1.29, 1.82) is 0 Å². The number of anilines is 1. The van der Waals surface area contributed by atoms with E-state index in [0.29, 0.717) is 23.8 Å². The number of benzene rings is 2. The molecule has 21 heavy (non-hydrogen) atoms. The SMILES string of the molecule is CCOc1ccc(Oc2cc(N)cc(OC(C)C)c2)cc1. The van der Waals surface area contributed by atoms with Gasteiger partial charge < -0.3 is 19.9 Å². The Morgan fingerprint density at radius 3 is 2.14 bits per heavy atom. The molecule has 0 aromatic heterocycles. The van der Waals surface area contributed by atoms with Crippen molar-refractivity contribution < 1.29 is 14.2 Å². The summed E-state index contributed by atoms with van der Waals surface area (Å²) in [5.74, 6) is 2.89. The van der Waals surface area contributed by atoms with E-state index < -0.39 is 0 Å². The Bertz CT molecular complexity index is 579. The Balaban J connectivity index is 2.12. The number of nitrogens with two attached hydrogens (primary N) is 1. The second-order valence-corrected chi connectivity index (χ2v) is 4.91. The van der Waals surface area contributed by atoms with Crippen LogP contribution in [0, 0.1) is 0 Å². The van der Waals surface area contributed by atoms with Crippen molar-refractivity contribution >= 4 is 5.69 Å². The number of hydrogen-bond acceptors (Lipinski definition) is 4. The molecule has 0 fully saturated rings. The molecule has 0 unspecified atom stereocenters. The highest BCUT2D eigenvalue weighted by Gasteiger charge is 2.05. The molecule has 0 aliphatic heterocycles. The normalized spacial score (nSPS) is 10.5. The molecule has 2 N–H and O–H groups in total. The summed E-state index contributed by atoms with van der Waals surface area (Å²) in [6.45, 7) is 6.53. The highest BCUT2D eigenvalue weighted by molar-refractivity contribution is 5.51. The summed E-state index contributed by atoms with van der Waals surface area (Å²) in [4.78, 5) is 0. The van der Waals surface area contributed by atoms with Crippen LogP contribution in [0.25, 0.3) is 0 Å². The first kappa shape index (κ1) is 15.0. The lowest BCUT2D eigenvalue weighted by atomic mass is 10.2. The van der Waals surface area contributed by atoms with Gasteiger partial charge in [-0.05, 0) is 45.0 Å². The van der Waals surface area contributed by atoms with E-state index in [0.717, 1.165) is 11.5 Å². The van der Waals surface area contributed by atoms with Crippen LogP contribution in [0.5, 0.6) is 23.0 Å². The Labute approximate surface area is 125 Å². The van der Waals surface area contributed by atoms with Gasteiger partial charge in [-0.2, -0.15) is 0 Å². The lowest BCUT2D eigenvalue weighted by Crippen LogP contribution is -2.05. The van der Waals surface area contributed by atoms with Crippen LogP contribution in [0.1, 0.15) is 20.8 Å². The highest BCUT2D eigenvalue weighted by Crippen LogP contribution is 2.29. The van der Waals surface area contributed by atoms with E-state index in [1.165, 1.54) is 0 Å². The smallest absolute Gasteiger partial charge is 0.133 e. The zero-order valence-corrected chi connectivity index (χ0v) is 12.6. The van der Waals surface area contributed by atoms with E-state index in [1.54, 1.807) is 12.1 Å². The number of rotatable bonds is 6. The fourth-order valence-corrected chi connectivity index (χ4v) is 1.90. The van der Waals surface area contributed by atoms with E-state index >= 15 is 0 Å². The van der Waals surface area contributed by atoms with E-state index in [4.69, 9.17) is 19.9 Å². The van der Waals surface area contributed by atoms with Gasteiger partial charge in [0, 0.05) is 23.9 Å². The van der Waals surface area contributed by atoms with Gasteiger partial charge in [0.25, 0.3) is 0 Å². The van der Waals surface area contributed by atoms with Crippen LogP contribution < -0.4 is 19.9 Å². The molecule has 0 bridgehead atoms. The second kappa shape index (κ2) is 6.88. The molecule has 4 heteroatoms. The number of hydrogen-bond donors (Lipinski definition) is 1. The van der Waals surface area contributed by atoms with Gasteiger partial charge in [0.05, 0.1) is 12.7 Å². The van der Waals surface area contributed by atoms with Crippen molar-refractivity contribution in [3.8, 4) is 23.0 Å².